The van der Waals surface area contributed by atoms with Gasteiger partial charge in [-0.3, -0.25) is 15.1 Å². The molecule has 0 spiro atoms. The summed E-state index contributed by atoms with van der Waals surface area (Å²) < 4.78 is 0. The van der Waals surface area contributed by atoms with Gasteiger partial charge in [0.15, 0.2) is 0 Å². The highest BCUT2D eigenvalue weighted by Crippen LogP contribution is 2.23. The second-order valence-electron chi connectivity index (χ2n) is 10.9. The zero-order chi connectivity index (χ0) is 26.0. The average Bonchev–Trinajstić information content (AvgIpc) is 3.10. The van der Waals surface area contributed by atoms with Crippen molar-refractivity contribution in [2.45, 2.75) is 86.1 Å². The molecule has 1 saturated heterocycles. The smallest absolute Gasteiger partial charge is 0.311 e. The fraction of sp³-hybridized carbons (Fsp3) is 0.704. The lowest BCUT2D eigenvalue weighted by molar-refractivity contribution is -0.117. The number of nitrogens with zero attached hydrogens (tertiary/aromatic N) is 2. The minimum absolute atomic E-state index is 0.00550. The molecule has 35 heavy (non-hydrogen) atoms. The molecule has 0 aromatic heterocycles. The molecule has 0 saturated carbocycles. The highest BCUT2D eigenvalue weighted by atomic mass is 16.2. The summed E-state index contributed by atoms with van der Waals surface area (Å²) in [6.45, 7) is 17.4. The van der Waals surface area contributed by atoms with Crippen molar-refractivity contribution in [3.8, 4) is 0 Å². The van der Waals surface area contributed by atoms with Crippen LogP contribution in [0.2, 0.25) is 0 Å². The molecule has 8 heteroatoms. The van der Waals surface area contributed by atoms with E-state index in [4.69, 9.17) is 0 Å². The molecule has 1 atom stereocenters. The quantitative estimate of drug-likeness (QED) is 0.327. The summed E-state index contributed by atoms with van der Waals surface area (Å²) in [6, 6.07) is -0.0626. The zero-order valence-corrected chi connectivity index (χ0v) is 23.0. The molecule has 2 heterocycles. The maximum absolute atomic E-state index is 13.2. The maximum Gasteiger partial charge on any atom is 0.323 e. The third-order valence-corrected chi connectivity index (χ3v) is 6.34. The highest BCUT2D eigenvalue weighted by Gasteiger charge is 2.28. The predicted octanol–water partition coefficient (Wildman–Crippen LogP) is 4.21. The van der Waals surface area contributed by atoms with Crippen molar-refractivity contribution in [2.24, 2.45) is 11.8 Å². The summed E-state index contributed by atoms with van der Waals surface area (Å²) in [5.74, 6) is 1.54. The zero-order valence-electron chi connectivity index (χ0n) is 23.0. The molecule has 3 amide bonds. The van der Waals surface area contributed by atoms with Gasteiger partial charge >= 0.3 is 6.03 Å². The topological polar surface area (TPSA) is 88.7 Å². The van der Waals surface area contributed by atoms with Crippen LogP contribution in [0.25, 0.3) is 0 Å². The number of allylic oxidation sites excluding steroid dienone is 2. The number of urea groups is 1. The summed E-state index contributed by atoms with van der Waals surface area (Å²) in [5.41, 5.74) is 4.82. The highest BCUT2D eigenvalue weighted by molar-refractivity contribution is 5.94. The van der Waals surface area contributed by atoms with Gasteiger partial charge in [-0.1, -0.05) is 46.3 Å². The number of amides is 3. The number of carbonyl (C=O) groups is 2. The summed E-state index contributed by atoms with van der Waals surface area (Å²) >= 11 is 0. The van der Waals surface area contributed by atoms with Gasteiger partial charge in [0.25, 0.3) is 5.91 Å². The lowest BCUT2D eigenvalue weighted by atomic mass is 9.90. The van der Waals surface area contributed by atoms with Crippen LogP contribution in [0.5, 0.6) is 0 Å². The van der Waals surface area contributed by atoms with Crippen LogP contribution in [0.4, 0.5) is 4.79 Å². The Hall–Kier alpha value is -2.32. The van der Waals surface area contributed by atoms with Gasteiger partial charge in [-0.15, -0.1) is 0 Å². The first kappa shape index (κ1) is 28.9. The van der Waals surface area contributed by atoms with E-state index in [1.54, 1.807) is 4.90 Å². The number of rotatable bonds is 11. The normalized spacial score (nSPS) is 19.7. The van der Waals surface area contributed by atoms with E-state index < -0.39 is 0 Å². The van der Waals surface area contributed by atoms with Crippen molar-refractivity contribution in [2.75, 3.05) is 26.3 Å². The number of hydrogen-bond acceptors (Lipinski definition) is 5. The molecule has 4 N–H and O–H groups in total. The van der Waals surface area contributed by atoms with Gasteiger partial charge in [0, 0.05) is 36.4 Å². The van der Waals surface area contributed by atoms with E-state index in [-0.39, 0.29) is 17.5 Å². The van der Waals surface area contributed by atoms with Gasteiger partial charge in [-0.05, 0) is 64.4 Å². The van der Waals surface area contributed by atoms with Crippen LogP contribution < -0.4 is 21.4 Å². The van der Waals surface area contributed by atoms with Crippen LogP contribution >= 0.6 is 0 Å². The molecule has 0 radical (unpaired) electrons. The minimum Gasteiger partial charge on any atom is -0.311 e. The Bertz CT molecular complexity index is 809. The second kappa shape index (κ2) is 13.7. The molecule has 2 aliphatic heterocycles. The monoisotopic (exact) mass is 488 g/mol. The molecular formula is C27H48N6O2. The fourth-order valence-corrected chi connectivity index (χ4v) is 4.37. The Kier molecular flexibility index (Phi) is 11.3. The van der Waals surface area contributed by atoms with Crippen molar-refractivity contribution < 1.29 is 9.59 Å². The Balaban J connectivity index is 1.97. The van der Waals surface area contributed by atoms with E-state index in [0.29, 0.717) is 25.0 Å². The summed E-state index contributed by atoms with van der Waals surface area (Å²) in [7, 11) is 0. The van der Waals surface area contributed by atoms with Crippen LogP contribution in [0, 0.1) is 11.8 Å². The Labute approximate surface area is 212 Å². The number of carbonyl (C=O) groups excluding carboxylic acids is 2. The summed E-state index contributed by atoms with van der Waals surface area (Å²) in [6.07, 6.45) is 10.8. The summed E-state index contributed by atoms with van der Waals surface area (Å²) in [5, 5.41) is 11.6. The van der Waals surface area contributed by atoms with Gasteiger partial charge in [-0.25, -0.2) is 10.2 Å². The van der Waals surface area contributed by atoms with Gasteiger partial charge in [0.1, 0.15) is 5.82 Å². The van der Waals surface area contributed by atoms with Crippen molar-refractivity contribution in [1.82, 2.24) is 31.3 Å². The van der Waals surface area contributed by atoms with E-state index in [1.807, 2.05) is 31.9 Å². The van der Waals surface area contributed by atoms with E-state index in [9.17, 15) is 9.59 Å². The minimum atomic E-state index is -0.238. The predicted molar refractivity (Wildman–Crippen MR) is 143 cm³/mol. The molecule has 0 aliphatic carbocycles. The van der Waals surface area contributed by atoms with Crippen molar-refractivity contribution in [3.63, 3.8) is 0 Å². The molecule has 1 fully saturated rings. The first-order valence-corrected chi connectivity index (χ1v) is 13.3. The molecular weight excluding hydrogens is 440 g/mol. The average molecular weight is 489 g/mol. The molecule has 8 nitrogen and oxygen atoms in total. The van der Waals surface area contributed by atoms with E-state index in [1.165, 1.54) is 0 Å². The molecule has 2 aliphatic rings. The molecule has 1 unspecified atom stereocenters. The molecule has 198 valence electrons. The van der Waals surface area contributed by atoms with Crippen molar-refractivity contribution >= 4 is 11.9 Å². The number of hydrazine groups is 1. The van der Waals surface area contributed by atoms with Crippen LogP contribution in [0.3, 0.4) is 0 Å². The van der Waals surface area contributed by atoms with Gasteiger partial charge in [-0.2, -0.15) is 0 Å². The van der Waals surface area contributed by atoms with Gasteiger partial charge < -0.3 is 15.5 Å². The Morgan fingerprint density at radius 3 is 2.63 bits per heavy atom. The summed E-state index contributed by atoms with van der Waals surface area (Å²) in [4.78, 5) is 27.6. The fourth-order valence-electron chi connectivity index (χ4n) is 4.37. The maximum atomic E-state index is 13.2. The van der Waals surface area contributed by atoms with Crippen LogP contribution in [-0.4, -0.2) is 53.7 Å². The second-order valence-corrected chi connectivity index (χ2v) is 10.9. The first-order valence-electron chi connectivity index (χ1n) is 13.3. The third kappa shape index (κ3) is 9.33. The molecule has 0 aromatic rings. The number of nitrogens with one attached hydrogen (secondary N) is 4. The lowest BCUT2D eigenvalue weighted by Gasteiger charge is -2.33. The van der Waals surface area contributed by atoms with E-state index in [2.05, 4.69) is 61.2 Å². The van der Waals surface area contributed by atoms with Crippen LogP contribution in [0.1, 0.15) is 80.6 Å². The molecule has 2 rings (SSSR count). The first-order chi connectivity index (χ1) is 16.5. The van der Waals surface area contributed by atoms with Crippen LogP contribution in [0.15, 0.2) is 35.3 Å². The van der Waals surface area contributed by atoms with E-state index in [0.717, 1.165) is 62.3 Å². The van der Waals surface area contributed by atoms with E-state index >= 15 is 0 Å². The Morgan fingerprint density at radius 2 is 2.00 bits per heavy atom. The van der Waals surface area contributed by atoms with Crippen molar-refractivity contribution in [3.05, 3.63) is 35.3 Å². The lowest BCUT2D eigenvalue weighted by Crippen LogP contribution is -2.50. The Morgan fingerprint density at radius 1 is 1.26 bits per heavy atom. The SMILES string of the molecule is CCCN1NCC=C1NC(=O)/C(=C/C(C)C)CC(CC)CC/C=C1\CNCN(C(C)(C)C)C(=O)N1. The van der Waals surface area contributed by atoms with Crippen molar-refractivity contribution in [1.29, 1.82) is 0 Å². The third-order valence-electron chi connectivity index (χ3n) is 6.34. The van der Waals surface area contributed by atoms with Gasteiger partial charge in [0.2, 0.25) is 0 Å². The van der Waals surface area contributed by atoms with Gasteiger partial charge in [0.05, 0.1) is 6.67 Å². The molecule has 0 bridgehead atoms. The molecule has 0 aromatic carbocycles. The number of hydrogen-bond donors (Lipinski definition) is 4. The standard InChI is InChI=1S/C27H48N6O2/c1-8-15-33-24(13-14-29-33)31-25(34)22(16-20(3)4)17-21(9-2)11-10-12-23-18-28-19-32(26(35)30-23)27(5,6)7/h12-13,16,20-21,28-29H,8-11,14-15,17-19H2,1-7H3,(H,30,35)(H,31,34)/b22-16+,23-12+. The largest absolute Gasteiger partial charge is 0.323 e. The van der Waals surface area contributed by atoms with Crippen LogP contribution in [-0.2, 0) is 4.79 Å².